The zero-order valence-corrected chi connectivity index (χ0v) is 13.4. The first kappa shape index (κ1) is 16.4. The molecule has 0 aliphatic heterocycles. The lowest BCUT2D eigenvalue weighted by Gasteiger charge is -2.36. The maximum atomic E-state index is 13.5. The Hall–Kier alpha value is -0.960. The maximum Gasteiger partial charge on any atom is 0.141 e. The van der Waals surface area contributed by atoms with Crippen LogP contribution in [0.3, 0.4) is 0 Å². The van der Waals surface area contributed by atoms with E-state index >= 15 is 0 Å². The summed E-state index contributed by atoms with van der Waals surface area (Å²) in [5.74, 6) is 1.67. The van der Waals surface area contributed by atoms with Crippen LogP contribution in [0.1, 0.15) is 63.9 Å². The fourth-order valence-corrected chi connectivity index (χ4v) is 3.74. The first-order valence-electron chi connectivity index (χ1n) is 8.55. The predicted octanol–water partition coefficient (Wildman–Crippen LogP) is 4.52. The van der Waals surface area contributed by atoms with E-state index in [9.17, 15) is 4.39 Å². The largest absolute Gasteiger partial charge is 0.316 e. The van der Waals surface area contributed by atoms with Crippen molar-refractivity contribution < 1.29 is 4.39 Å². The van der Waals surface area contributed by atoms with Gasteiger partial charge in [0.1, 0.15) is 5.82 Å². The second-order valence-electron chi connectivity index (χ2n) is 6.47. The molecular weight excluding hydrogens is 263 g/mol. The van der Waals surface area contributed by atoms with Crippen molar-refractivity contribution in [1.82, 2.24) is 10.3 Å². The first-order valence-corrected chi connectivity index (χ1v) is 8.55. The number of nitrogens with zero attached hydrogens (tertiary/aromatic N) is 1. The van der Waals surface area contributed by atoms with Gasteiger partial charge in [-0.15, -0.1) is 0 Å². The van der Waals surface area contributed by atoms with Crippen LogP contribution in [0, 0.1) is 17.7 Å². The number of hydrogen-bond acceptors (Lipinski definition) is 2. The minimum Gasteiger partial charge on any atom is -0.316 e. The molecule has 0 amide bonds. The summed E-state index contributed by atoms with van der Waals surface area (Å²) in [7, 11) is 0. The quantitative estimate of drug-likeness (QED) is 0.747. The molecule has 1 aromatic heterocycles. The molecule has 3 atom stereocenters. The summed E-state index contributed by atoms with van der Waals surface area (Å²) in [4.78, 5) is 4.07. The maximum absolute atomic E-state index is 13.5. The molecule has 1 aliphatic carbocycles. The van der Waals surface area contributed by atoms with Crippen LogP contribution < -0.4 is 5.32 Å². The van der Waals surface area contributed by atoms with Crippen LogP contribution in [-0.2, 0) is 0 Å². The van der Waals surface area contributed by atoms with Gasteiger partial charge in [-0.1, -0.05) is 33.1 Å². The molecule has 21 heavy (non-hydrogen) atoms. The van der Waals surface area contributed by atoms with Gasteiger partial charge in [-0.05, 0) is 61.7 Å². The molecule has 3 unspecified atom stereocenters. The average molecular weight is 292 g/mol. The summed E-state index contributed by atoms with van der Waals surface area (Å²) in [5.41, 5.74) is 1.10. The van der Waals surface area contributed by atoms with Crippen molar-refractivity contribution in [2.75, 3.05) is 13.1 Å². The molecule has 0 spiro atoms. The second-order valence-corrected chi connectivity index (χ2v) is 6.47. The molecule has 0 radical (unpaired) electrons. The van der Waals surface area contributed by atoms with Crippen LogP contribution in [0.15, 0.2) is 18.5 Å². The van der Waals surface area contributed by atoms with Gasteiger partial charge in [0.15, 0.2) is 0 Å². The van der Waals surface area contributed by atoms with Crippen molar-refractivity contribution in [2.24, 2.45) is 11.8 Å². The third-order valence-electron chi connectivity index (χ3n) is 4.79. The van der Waals surface area contributed by atoms with E-state index < -0.39 is 0 Å². The zero-order valence-electron chi connectivity index (χ0n) is 13.4. The average Bonchev–Trinajstić information content (AvgIpc) is 2.49. The Morgan fingerprint density at radius 2 is 2.10 bits per heavy atom. The van der Waals surface area contributed by atoms with Crippen LogP contribution in [0.4, 0.5) is 4.39 Å². The Balaban J connectivity index is 2.08. The number of pyridine rings is 1. The Morgan fingerprint density at radius 3 is 2.81 bits per heavy atom. The number of hydrogen-bond donors (Lipinski definition) is 1. The van der Waals surface area contributed by atoms with Crippen molar-refractivity contribution >= 4 is 0 Å². The molecule has 0 aromatic carbocycles. The lowest BCUT2D eigenvalue weighted by atomic mass is 9.70. The summed E-state index contributed by atoms with van der Waals surface area (Å²) in [5, 5.41) is 3.55. The molecule has 1 fully saturated rings. The molecular formula is C18H29FN2. The van der Waals surface area contributed by atoms with E-state index in [4.69, 9.17) is 0 Å². The van der Waals surface area contributed by atoms with Gasteiger partial charge in [-0.3, -0.25) is 4.98 Å². The van der Waals surface area contributed by atoms with E-state index in [1.165, 1.54) is 38.3 Å². The van der Waals surface area contributed by atoms with Gasteiger partial charge >= 0.3 is 0 Å². The molecule has 1 aromatic rings. The van der Waals surface area contributed by atoms with Gasteiger partial charge in [-0.25, -0.2) is 4.39 Å². The third-order valence-corrected chi connectivity index (χ3v) is 4.79. The van der Waals surface area contributed by atoms with Crippen molar-refractivity contribution in [2.45, 2.75) is 58.3 Å². The zero-order chi connectivity index (χ0) is 15.1. The SMILES string of the molecule is CCCNCC1CCC(CCC)CC1c1cncc(F)c1. The van der Waals surface area contributed by atoms with Gasteiger partial charge < -0.3 is 5.32 Å². The van der Waals surface area contributed by atoms with Crippen molar-refractivity contribution in [3.8, 4) is 0 Å². The standard InChI is InChI=1S/C18H29FN2/c1-3-5-14-6-7-15(11-20-8-4-2)18(9-14)16-10-17(19)13-21-12-16/h10,12-15,18,20H,3-9,11H2,1-2H3. The molecule has 2 rings (SSSR count). The Morgan fingerprint density at radius 1 is 1.24 bits per heavy atom. The summed E-state index contributed by atoms with van der Waals surface area (Å²) >= 11 is 0. The van der Waals surface area contributed by atoms with E-state index in [1.807, 2.05) is 6.20 Å². The molecule has 3 heteroatoms. The van der Waals surface area contributed by atoms with E-state index in [0.717, 1.165) is 31.0 Å². The lowest BCUT2D eigenvalue weighted by molar-refractivity contribution is 0.220. The Bertz CT molecular complexity index is 421. The van der Waals surface area contributed by atoms with Gasteiger partial charge in [-0.2, -0.15) is 0 Å². The number of nitrogens with one attached hydrogen (secondary N) is 1. The smallest absolute Gasteiger partial charge is 0.141 e. The highest BCUT2D eigenvalue weighted by atomic mass is 19.1. The van der Waals surface area contributed by atoms with Crippen LogP contribution in [0.2, 0.25) is 0 Å². The minimum absolute atomic E-state index is 0.203. The summed E-state index contributed by atoms with van der Waals surface area (Å²) in [6.07, 6.45) is 10.7. The van der Waals surface area contributed by atoms with Crippen LogP contribution in [-0.4, -0.2) is 18.1 Å². The monoisotopic (exact) mass is 292 g/mol. The van der Waals surface area contributed by atoms with E-state index in [-0.39, 0.29) is 5.82 Å². The Labute approximate surface area is 128 Å². The molecule has 1 aliphatic rings. The lowest BCUT2D eigenvalue weighted by Crippen LogP contribution is -2.32. The van der Waals surface area contributed by atoms with Gasteiger partial charge in [0.05, 0.1) is 6.20 Å². The minimum atomic E-state index is -0.203. The van der Waals surface area contributed by atoms with Crippen LogP contribution in [0.25, 0.3) is 0 Å². The number of rotatable bonds is 7. The number of aromatic nitrogens is 1. The highest BCUT2D eigenvalue weighted by molar-refractivity contribution is 5.18. The first-order chi connectivity index (χ1) is 10.2. The van der Waals surface area contributed by atoms with Crippen LogP contribution >= 0.6 is 0 Å². The van der Waals surface area contributed by atoms with Gasteiger partial charge in [0, 0.05) is 6.20 Å². The molecule has 2 nitrogen and oxygen atoms in total. The van der Waals surface area contributed by atoms with Crippen molar-refractivity contribution in [1.29, 1.82) is 0 Å². The predicted molar refractivity (Wildman–Crippen MR) is 85.8 cm³/mol. The highest BCUT2D eigenvalue weighted by Gasteiger charge is 2.31. The molecule has 118 valence electrons. The van der Waals surface area contributed by atoms with Gasteiger partial charge in [0.25, 0.3) is 0 Å². The summed E-state index contributed by atoms with van der Waals surface area (Å²) in [6, 6.07) is 1.69. The fourth-order valence-electron chi connectivity index (χ4n) is 3.74. The normalized spacial score (nSPS) is 26.0. The van der Waals surface area contributed by atoms with E-state index in [0.29, 0.717) is 11.8 Å². The summed E-state index contributed by atoms with van der Waals surface area (Å²) < 4.78 is 13.5. The summed E-state index contributed by atoms with van der Waals surface area (Å²) in [6.45, 7) is 6.57. The van der Waals surface area contributed by atoms with E-state index in [2.05, 4.69) is 24.1 Å². The van der Waals surface area contributed by atoms with Crippen molar-refractivity contribution in [3.05, 3.63) is 29.8 Å². The van der Waals surface area contributed by atoms with E-state index in [1.54, 1.807) is 6.07 Å². The fraction of sp³-hybridized carbons (Fsp3) is 0.722. The molecule has 0 bridgehead atoms. The molecule has 0 saturated heterocycles. The third kappa shape index (κ3) is 4.77. The Kier molecular flexibility index (Phi) is 6.62. The molecule has 1 saturated carbocycles. The second kappa shape index (κ2) is 8.47. The van der Waals surface area contributed by atoms with Gasteiger partial charge in [0.2, 0.25) is 0 Å². The highest BCUT2D eigenvalue weighted by Crippen LogP contribution is 2.41. The topological polar surface area (TPSA) is 24.9 Å². The van der Waals surface area contributed by atoms with Crippen LogP contribution in [0.5, 0.6) is 0 Å². The molecule has 1 N–H and O–H groups in total. The van der Waals surface area contributed by atoms with Crippen molar-refractivity contribution in [3.63, 3.8) is 0 Å². The number of halogens is 1. The molecule has 1 heterocycles.